The molecule has 290 valence electrons. The van der Waals surface area contributed by atoms with Crippen molar-refractivity contribution in [2.24, 2.45) is 0 Å². The Labute approximate surface area is 360 Å². The van der Waals surface area contributed by atoms with E-state index in [0.717, 1.165) is 50.1 Å². The van der Waals surface area contributed by atoms with E-state index in [1.165, 1.54) is 65.7 Å². The Hall–Kier alpha value is -8.20. The van der Waals surface area contributed by atoms with Crippen LogP contribution in [0, 0.1) is 0 Å². The summed E-state index contributed by atoms with van der Waals surface area (Å²) < 4.78 is 6.46. The van der Waals surface area contributed by atoms with Crippen LogP contribution in [0.3, 0.4) is 0 Å². The molecule has 12 aromatic rings. The minimum Gasteiger partial charge on any atom is -0.456 e. The van der Waals surface area contributed by atoms with Gasteiger partial charge in [0.25, 0.3) is 0 Å². The Kier molecular flexibility index (Phi) is 8.53. The van der Waals surface area contributed by atoms with Gasteiger partial charge in [-0.15, -0.1) is 0 Å². The van der Waals surface area contributed by atoms with Gasteiger partial charge in [-0.3, -0.25) is 0 Å². The molecule has 2 heteroatoms. The van der Waals surface area contributed by atoms with E-state index in [0.29, 0.717) is 0 Å². The number of anilines is 3. The van der Waals surface area contributed by atoms with Gasteiger partial charge in [0.2, 0.25) is 0 Å². The van der Waals surface area contributed by atoms with Gasteiger partial charge in [-0.05, 0) is 126 Å². The average Bonchev–Trinajstić information content (AvgIpc) is 3.70. The number of benzene rings is 11. The molecular weight excluding hydrogens is 751 g/mol. The highest BCUT2D eigenvalue weighted by Gasteiger charge is 2.21. The molecule has 0 aliphatic rings. The van der Waals surface area contributed by atoms with Crippen molar-refractivity contribution < 1.29 is 4.42 Å². The third kappa shape index (κ3) is 6.12. The SMILES string of the molecule is c1ccc(-c2ccc(N(c3ccc(-c4cccc5c4ccc4ccccc45)cc3)c3ccccc3-c3ccc4oc5cc6ccccc6cc5c4c3)cc2-c2ccccc2)cc1. The third-order valence-corrected chi connectivity index (χ3v) is 12.4. The van der Waals surface area contributed by atoms with Crippen LogP contribution in [-0.4, -0.2) is 0 Å². The standard InChI is InChI=1S/C60H39NO/c1-3-14-40(15-4-1)51-34-32-48(39-55(51)41-16-5-2-6-17-41)61(47-30-26-43(27-31-47)50-23-13-24-53-49-21-10-9-18-42(49)28-33-54(50)53)58-25-12-11-22-52(58)46-29-35-59-56(37-46)57-36-44-19-7-8-20-45(44)38-60(57)62-59/h1-39H. The highest BCUT2D eigenvalue weighted by Crippen LogP contribution is 2.46. The van der Waals surface area contributed by atoms with Crippen molar-refractivity contribution in [2.75, 3.05) is 4.90 Å². The van der Waals surface area contributed by atoms with Gasteiger partial charge in [0.15, 0.2) is 0 Å². The first-order valence-corrected chi connectivity index (χ1v) is 21.2. The average molecular weight is 790 g/mol. The molecule has 2 nitrogen and oxygen atoms in total. The zero-order valence-electron chi connectivity index (χ0n) is 33.9. The summed E-state index contributed by atoms with van der Waals surface area (Å²) in [4.78, 5) is 2.42. The van der Waals surface area contributed by atoms with Gasteiger partial charge in [0.1, 0.15) is 11.2 Å². The van der Waals surface area contributed by atoms with E-state index in [1.54, 1.807) is 0 Å². The molecule has 0 amide bonds. The molecule has 12 rings (SSSR count). The first kappa shape index (κ1) is 35.7. The van der Waals surface area contributed by atoms with Crippen molar-refractivity contribution in [1.29, 1.82) is 0 Å². The molecule has 0 unspecified atom stereocenters. The van der Waals surface area contributed by atoms with Crippen molar-refractivity contribution in [1.82, 2.24) is 0 Å². The lowest BCUT2D eigenvalue weighted by Crippen LogP contribution is -2.11. The highest BCUT2D eigenvalue weighted by atomic mass is 16.3. The maximum Gasteiger partial charge on any atom is 0.136 e. The Balaban J connectivity index is 1.05. The van der Waals surface area contributed by atoms with E-state index in [4.69, 9.17) is 4.42 Å². The van der Waals surface area contributed by atoms with Crippen LogP contribution in [0.2, 0.25) is 0 Å². The second-order valence-electron chi connectivity index (χ2n) is 16.1. The Morgan fingerprint density at radius 3 is 1.66 bits per heavy atom. The lowest BCUT2D eigenvalue weighted by Gasteiger charge is -2.29. The zero-order chi connectivity index (χ0) is 41.0. The van der Waals surface area contributed by atoms with Gasteiger partial charge >= 0.3 is 0 Å². The number of hydrogen-bond acceptors (Lipinski definition) is 2. The molecule has 1 heterocycles. The fourth-order valence-corrected chi connectivity index (χ4v) is 9.45. The predicted octanol–water partition coefficient (Wildman–Crippen LogP) is 17.2. The molecule has 0 atom stereocenters. The van der Waals surface area contributed by atoms with E-state index in [9.17, 15) is 0 Å². The highest BCUT2D eigenvalue weighted by molar-refractivity contribution is 6.13. The molecule has 0 fully saturated rings. The van der Waals surface area contributed by atoms with Crippen LogP contribution in [0.4, 0.5) is 17.1 Å². The maximum absolute atomic E-state index is 6.46. The second-order valence-corrected chi connectivity index (χ2v) is 16.1. The maximum atomic E-state index is 6.46. The van der Waals surface area contributed by atoms with Crippen molar-refractivity contribution in [3.05, 3.63) is 237 Å². The van der Waals surface area contributed by atoms with Crippen molar-refractivity contribution >= 4 is 71.3 Å². The summed E-state index contributed by atoms with van der Waals surface area (Å²) in [6.07, 6.45) is 0. The lowest BCUT2D eigenvalue weighted by atomic mass is 9.93. The van der Waals surface area contributed by atoms with Gasteiger partial charge in [0.05, 0.1) is 5.69 Å². The normalized spacial score (nSPS) is 11.5. The number of hydrogen-bond donors (Lipinski definition) is 0. The summed E-state index contributed by atoms with van der Waals surface area (Å²) >= 11 is 0. The topological polar surface area (TPSA) is 16.4 Å². The van der Waals surface area contributed by atoms with E-state index in [1.807, 2.05) is 0 Å². The predicted molar refractivity (Wildman–Crippen MR) is 263 cm³/mol. The molecule has 0 saturated heterocycles. The van der Waals surface area contributed by atoms with Gasteiger partial charge in [-0.25, -0.2) is 0 Å². The largest absolute Gasteiger partial charge is 0.456 e. The molecule has 11 aromatic carbocycles. The summed E-state index contributed by atoms with van der Waals surface area (Å²) in [5, 5.41) is 9.65. The molecule has 0 saturated carbocycles. The summed E-state index contributed by atoms with van der Waals surface area (Å²) in [5.74, 6) is 0. The Morgan fingerprint density at radius 2 is 0.855 bits per heavy atom. The molecule has 62 heavy (non-hydrogen) atoms. The van der Waals surface area contributed by atoms with Crippen LogP contribution >= 0.6 is 0 Å². The van der Waals surface area contributed by atoms with Crippen LogP contribution in [0.15, 0.2) is 241 Å². The number of rotatable bonds is 7. The summed E-state index contributed by atoms with van der Waals surface area (Å²) in [6, 6.07) is 85.6. The molecule has 0 radical (unpaired) electrons. The molecule has 1 aromatic heterocycles. The van der Waals surface area contributed by atoms with E-state index >= 15 is 0 Å². The summed E-state index contributed by atoms with van der Waals surface area (Å²) in [7, 11) is 0. The first-order valence-electron chi connectivity index (χ1n) is 21.2. The van der Waals surface area contributed by atoms with Crippen LogP contribution in [-0.2, 0) is 0 Å². The van der Waals surface area contributed by atoms with Gasteiger partial charge in [-0.2, -0.15) is 0 Å². The third-order valence-electron chi connectivity index (χ3n) is 12.4. The Bertz CT molecular complexity index is 3620. The molecule has 0 N–H and O–H groups in total. The van der Waals surface area contributed by atoms with Crippen molar-refractivity contribution in [3.8, 4) is 44.5 Å². The van der Waals surface area contributed by atoms with Crippen LogP contribution in [0.1, 0.15) is 0 Å². The fourth-order valence-electron chi connectivity index (χ4n) is 9.45. The van der Waals surface area contributed by atoms with Gasteiger partial charge < -0.3 is 9.32 Å². The zero-order valence-corrected chi connectivity index (χ0v) is 33.9. The van der Waals surface area contributed by atoms with Crippen LogP contribution in [0.5, 0.6) is 0 Å². The van der Waals surface area contributed by atoms with Gasteiger partial charge in [0, 0.05) is 27.7 Å². The van der Waals surface area contributed by atoms with E-state index in [2.05, 4.69) is 241 Å². The molecular formula is C60H39NO. The molecule has 0 bridgehead atoms. The monoisotopic (exact) mass is 789 g/mol. The van der Waals surface area contributed by atoms with Crippen LogP contribution in [0.25, 0.3) is 98.8 Å². The van der Waals surface area contributed by atoms with Crippen molar-refractivity contribution in [2.45, 2.75) is 0 Å². The van der Waals surface area contributed by atoms with E-state index in [-0.39, 0.29) is 0 Å². The van der Waals surface area contributed by atoms with E-state index < -0.39 is 0 Å². The number of para-hydroxylation sites is 1. The molecule has 0 aliphatic carbocycles. The van der Waals surface area contributed by atoms with Crippen LogP contribution < -0.4 is 4.90 Å². The lowest BCUT2D eigenvalue weighted by molar-refractivity contribution is 0.669. The number of furan rings is 1. The minimum absolute atomic E-state index is 0.884. The number of nitrogens with zero attached hydrogens (tertiary/aromatic N) is 1. The fraction of sp³-hybridized carbons (Fsp3) is 0. The van der Waals surface area contributed by atoms with Crippen molar-refractivity contribution in [3.63, 3.8) is 0 Å². The smallest absolute Gasteiger partial charge is 0.136 e. The minimum atomic E-state index is 0.884. The number of fused-ring (bicyclic) bond motifs is 7. The van der Waals surface area contributed by atoms with Gasteiger partial charge in [-0.1, -0.05) is 182 Å². The molecule has 0 aliphatic heterocycles. The summed E-state index contributed by atoms with van der Waals surface area (Å²) in [6.45, 7) is 0. The second kappa shape index (κ2) is 14.8. The summed E-state index contributed by atoms with van der Waals surface area (Å²) in [5.41, 5.74) is 14.4. The Morgan fingerprint density at radius 1 is 0.258 bits per heavy atom. The first-order chi connectivity index (χ1) is 30.7. The molecule has 0 spiro atoms. The quantitative estimate of drug-likeness (QED) is 0.150.